The van der Waals surface area contributed by atoms with E-state index in [0.29, 0.717) is 0 Å². The molecule has 0 atom stereocenters. The molecule has 0 amide bonds. The van der Waals surface area contributed by atoms with Gasteiger partial charge in [0, 0.05) is 22.1 Å². The van der Waals surface area contributed by atoms with E-state index in [4.69, 9.17) is 11.5 Å². The minimum atomic E-state index is 0.802. The van der Waals surface area contributed by atoms with E-state index in [2.05, 4.69) is 36.4 Å². The second kappa shape index (κ2) is 3.87. The van der Waals surface area contributed by atoms with Crippen molar-refractivity contribution in [2.24, 2.45) is 0 Å². The third kappa shape index (κ3) is 1.39. The van der Waals surface area contributed by atoms with E-state index in [9.17, 15) is 0 Å². The molecular formula is C18H14N2. The van der Waals surface area contributed by atoms with Crippen LogP contribution in [0.25, 0.3) is 32.3 Å². The second-order valence-electron chi connectivity index (χ2n) is 5.11. The largest absolute Gasteiger partial charge is 0.398 e. The lowest BCUT2D eigenvalue weighted by Gasteiger charge is -2.11. The minimum Gasteiger partial charge on any atom is -0.398 e. The van der Waals surface area contributed by atoms with Gasteiger partial charge in [-0.2, -0.15) is 0 Å². The van der Waals surface area contributed by atoms with Crippen LogP contribution >= 0.6 is 0 Å². The van der Waals surface area contributed by atoms with Crippen molar-refractivity contribution in [3.8, 4) is 0 Å². The van der Waals surface area contributed by atoms with Gasteiger partial charge in [0.1, 0.15) is 0 Å². The number of fused-ring (bicyclic) bond motifs is 5. The van der Waals surface area contributed by atoms with Gasteiger partial charge in [0.15, 0.2) is 0 Å². The van der Waals surface area contributed by atoms with E-state index in [0.717, 1.165) is 32.9 Å². The summed E-state index contributed by atoms with van der Waals surface area (Å²) in [5.74, 6) is 0. The highest BCUT2D eigenvalue weighted by Crippen LogP contribution is 2.35. The first-order chi connectivity index (χ1) is 9.75. The van der Waals surface area contributed by atoms with E-state index in [1.807, 2.05) is 24.3 Å². The molecule has 0 saturated carbocycles. The van der Waals surface area contributed by atoms with Crippen LogP contribution in [-0.4, -0.2) is 0 Å². The molecule has 0 radical (unpaired) electrons. The van der Waals surface area contributed by atoms with Crippen LogP contribution < -0.4 is 11.5 Å². The lowest BCUT2D eigenvalue weighted by Crippen LogP contribution is -1.91. The molecule has 20 heavy (non-hydrogen) atoms. The minimum absolute atomic E-state index is 0.802. The van der Waals surface area contributed by atoms with Crippen molar-refractivity contribution in [1.82, 2.24) is 0 Å². The fraction of sp³-hybridized carbons (Fsp3) is 0. The average molecular weight is 258 g/mol. The van der Waals surface area contributed by atoms with Crippen LogP contribution in [0.2, 0.25) is 0 Å². The quantitative estimate of drug-likeness (QED) is 0.365. The molecule has 0 heterocycles. The Hall–Kier alpha value is -2.74. The zero-order valence-corrected chi connectivity index (χ0v) is 10.9. The lowest BCUT2D eigenvalue weighted by atomic mass is 9.95. The summed E-state index contributed by atoms with van der Waals surface area (Å²) in [6.07, 6.45) is 0. The van der Waals surface area contributed by atoms with Crippen molar-refractivity contribution >= 4 is 43.7 Å². The Balaban J connectivity index is 2.33. The fourth-order valence-electron chi connectivity index (χ4n) is 3.00. The standard InChI is InChI=1S/C18H14N2/c19-17-7-3-6-12-15(17)9-8-13-11-4-1-2-5-14(11)18(20)10-16(12)13/h1-10H,19-20H2. The predicted molar refractivity (Wildman–Crippen MR) is 87.8 cm³/mol. The molecular weight excluding hydrogens is 244 g/mol. The van der Waals surface area contributed by atoms with Gasteiger partial charge in [0.05, 0.1) is 0 Å². The summed E-state index contributed by atoms with van der Waals surface area (Å²) in [4.78, 5) is 0. The first kappa shape index (κ1) is 11.1. The zero-order valence-electron chi connectivity index (χ0n) is 10.9. The van der Waals surface area contributed by atoms with Gasteiger partial charge in [-0.25, -0.2) is 0 Å². The molecule has 4 aromatic rings. The van der Waals surface area contributed by atoms with Crippen LogP contribution in [0.3, 0.4) is 0 Å². The highest BCUT2D eigenvalue weighted by Gasteiger charge is 2.08. The van der Waals surface area contributed by atoms with Crippen molar-refractivity contribution in [2.75, 3.05) is 11.5 Å². The maximum Gasteiger partial charge on any atom is 0.0400 e. The molecule has 4 rings (SSSR count). The van der Waals surface area contributed by atoms with Gasteiger partial charge in [-0.3, -0.25) is 0 Å². The molecule has 2 heteroatoms. The monoisotopic (exact) mass is 258 g/mol. The van der Waals surface area contributed by atoms with Crippen LogP contribution in [0.4, 0.5) is 11.4 Å². The summed E-state index contributed by atoms with van der Waals surface area (Å²) in [6.45, 7) is 0. The van der Waals surface area contributed by atoms with Gasteiger partial charge in [0.2, 0.25) is 0 Å². The molecule has 0 spiro atoms. The molecule has 0 aromatic heterocycles. The highest BCUT2D eigenvalue weighted by atomic mass is 14.6. The van der Waals surface area contributed by atoms with Crippen molar-refractivity contribution in [3.63, 3.8) is 0 Å². The molecule has 0 saturated heterocycles. The predicted octanol–water partition coefficient (Wildman–Crippen LogP) is 4.31. The molecule has 2 nitrogen and oxygen atoms in total. The first-order valence-electron chi connectivity index (χ1n) is 6.64. The highest BCUT2D eigenvalue weighted by molar-refractivity contribution is 6.21. The normalized spacial score (nSPS) is 11.4. The molecule has 0 unspecified atom stereocenters. The van der Waals surface area contributed by atoms with E-state index in [-0.39, 0.29) is 0 Å². The van der Waals surface area contributed by atoms with Crippen LogP contribution in [0.5, 0.6) is 0 Å². The van der Waals surface area contributed by atoms with Gasteiger partial charge in [-0.1, -0.05) is 48.5 Å². The Bertz CT molecular complexity index is 971. The summed E-state index contributed by atoms with van der Waals surface area (Å²) < 4.78 is 0. The van der Waals surface area contributed by atoms with E-state index in [1.165, 1.54) is 10.8 Å². The van der Waals surface area contributed by atoms with Crippen molar-refractivity contribution in [3.05, 3.63) is 60.7 Å². The molecule has 0 fully saturated rings. The van der Waals surface area contributed by atoms with Gasteiger partial charge in [0.25, 0.3) is 0 Å². The maximum atomic E-state index is 6.22. The SMILES string of the molecule is Nc1cc2c3cccc(N)c3ccc2c2ccccc12. The molecule has 0 bridgehead atoms. The zero-order chi connectivity index (χ0) is 13.7. The van der Waals surface area contributed by atoms with Crippen molar-refractivity contribution < 1.29 is 0 Å². The summed E-state index contributed by atoms with van der Waals surface area (Å²) in [7, 11) is 0. The molecule has 0 aliphatic carbocycles. The van der Waals surface area contributed by atoms with Gasteiger partial charge >= 0.3 is 0 Å². The van der Waals surface area contributed by atoms with E-state index < -0.39 is 0 Å². The summed E-state index contributed by atoms with van der Waals surface area (Å²) >= 11 is 0. The number of hydrogen-bond donors (Lipinski definition) is 2. The van der Waals surface area contributed by atoms with Gasteiger partial charge < -0.3 is 11.5 Å². The topological polar surface area (TPSA) is 52.0 Å². The van der Waals surface area contributed by atoms with Crippen molar-refractivity contribution in [2.45, 2.75) is 0 Å². The van der Waals surface area contributed by atoms with Crippen molar-refractivity contribution in [1.29, 1.82) is 0 Å². The first-order valence-corrected chi connectivity index (χ1v) is 6.64. The Labute approximate surface area is 116 Å². The average Bonchev–Trinajstić information content (AvgIpc) is 2.48. The van der Waals surface area contributed by atoms with Gasteiger partial charge in [-0.15, -0.1) is 0 Å². The number of hydrogen-bond acceptors (Lipinski definition) is 2. The summed E-state index contributed by atoms with van der Waals surface area (Å²) in [5, 5.41) is 6.89. The Kier molecular flexibility index (Phi) is 2.15. The maximum absolute atomic E-state index is 6.22. The number of nitrogen functional groups attached to an aromatic ring is 2. The Morgan fingerprint density at radius 2 is 1.00 bits per heavy atom. The van der Waals surface area contributed by atoms with Crippen LogP contribution in [0, 0.1) is 0 Å². The molecule has 0 aliphatic rings. The second-order valence-corrected chi connectivity index (χ2v) is 5.11. The number of rotatable bonds is 0. The molecule has 4 aromatic carbocycles. The Morgan fingerprint density at radius 3 is 1.85 bits per heavy atom. The molecule has 96 valence electrons. The lowest BCUT2D eigenvalue weighted by molar-refractivity contribution is 1.74. The van der Waals surface area contributed by atoms with Crippen LogP contribution in [0.15, 0.2) is 60.7 Å². The summed E-state index contributed by atoms with van der Waals surface area (Å²) in [6, 6.07) is 20.5. The number of anilines is 2. The van der Waals surface area contributed by atoms with E-state index in [1.54, 1.807) is 0 Å². The molecule has 0 aliphatic heterocycles. The third-order valence-corrected chi connectivity index (χ3v) is 3.96. The summed E-state index contributed by atoms with van der Waals surface area (Å²) in [5.41, 5.74) is 13.9. The molecule has 4 N–H and O–H groups in total. The third-order valence-electron chi connectivity index (χ3n) is 3.96. The number of nitrogens with two attached hydrogens (primary N) is 2. The Morgan fingerprint density at radius 1 is 0.450 bits per heavy atom. The number of benzene rings is 4. The van der Waals surface area contributed by atoms with E-state index >= 15 is 0 Å². The van der Waals surface area contributed by atoms with Gasteiger partial charge in [-0.05, 0) is 33.7 Å². The fourth-order valence-corrected chi connectivity index (χ4v) is 3.00. The van der Waals surface area contributed by atoms with Crippen LogP contribution in [-0.2, 0) is 0 Å². The smallest absolute Gasteiger partial charge is 0.0400 e. The van der Waals surface area contributed by atoms with Crippen LogP contribution in [0.1, 0.15) is 0 Å².